The van der Waals surface area contributed by atoms with Crippen LogP contribution in [0.1, 0.15) is 89.4 Å². The van der Waals surface area contributed by atoms with Gasteiger partial charge in [-0.1, -0.05) is 86.7 Å². The van der Waals surface area contributed by atoms with Crippen LogP contribution in [0.25, 0.3) is 11.1 Å². The lowest BCUT2D eigenvalue weighted by atomic mass is 9.32. The summed E-state index contributed by atoms with van der Waals surface area (Å²) in [5, 5.41) is 27.0. The Labute approximate surface area is 298 Å². The van der Waals surface area contributed by atoms with E-state index < -0.39 is 22.5 Å². The molecule has 3 fully saturated rings. The number of carbonyl (C=O) groups is 2. The summed E-state index contributed by atoms with van der Waals surface area (Å²) >= 11 is 0. The lowest BCUT2D eigenvalue weighted by molar-refractivity contribution is -0.174. The third-order valence-electron chi connectivity index (χ3n) is 14.1. The van der Waals surface area contributed by atoms with Crippen molar-refractivity contribution in [3.05, 3.63) is 84.0 Å². The molecule has 6 aliphatic rings. The fraction of sp³-hybridized carbons (Fsp3) is 0.581. The molecule has 0 radical (unpaired) electrons. The molecule has 268 valence electrons. The second kappa shape index (κ2) is 12.8. The van der Waals surface area contributed by atoms with Gasteiger partial charge in [0.1, 0.15) is 0 Å². The maximum absolute atomic E-state index is 15.0. The second-order valence-corrected chi connectivity index (χ2v) is 17.0. The normalized spacial score (nSPS) is 36.7. The molecule has 0 heterocycles. The van der Waals surface area contributed by atoms with Crippen LogP contribution >= 0.6 is 0 Å². The lowest BCUT2D eigenvalue weighted by Gasteiger charge is -2.71. The number of benzene rings is 2. The van der Waals surface area contributed by atoms with Crippen LogP contribution in [0.5, 0.6) is 0 Å². The van der Waals surface area contributed by atoms with Gasteiger partial charge in [0.05, 0.1) is 18.2 Å². The van der Waals surface area contributed by atoms with Crippen LogP contribution in [0.3, 0.4) is 0 Å². The Morgan fingerprint density at radius 1 is 0.920 bits per heavy atom. The van der Waals surface area contributed by atoms with Crippen molar-refractivity contribution in [3.8, 4) is 11.1 Å². The van der Waals surface area contributed by atoms with E-state index in [4.69, 9.17) is 4.74 Å². The summed E-state index contributed by atoms with van der Waals surface area (Å²) < 4.78 is 5.32. The minimum absolute atomic E-state index is 0.0183. The number of ketones is 1. The number of amides is 2. The zero-order valence-corrected chi connectivity index (χ0v) is 30.6. The summed E-state index contributed by atoms with van der Waals surface area (Å²) in [4.78, 5) is 30.3. The van der Waals surface area contributed by atoms with Gasteiger partial charge in [-0.2, -0.15) is 0 Å². The summed E-state index contributed by atoms with van der Waals surface area (Å²) in [5.41, 5.74) is 1.02. The first-order valence-electron chi connectivity index (χ1n) is 18.9. The standard InChI is InChI=1S/C43H56N2O5/c1-29(2)44-38(48)45(24-9-25-50-5)28-42(49)21-18-36-40(42,4)20-17-35-39(3)19-16-33(46)26-41(39)22-23-43(35,36)34(27-41)37(47)32-14-12-31(13-15-32)30-10-7-6-8-11-30/h6-8,10-15,22-23,27,29,33,35-36,46,49H,9,16-21,24-26,28H2,1-5H3,(H,44,48)/t33?,35-,36-,39-,40+,41+,42-,43-/m1/s1. The van der Waals surface area contributed by atoms with Crippen molar-refractivity contribution in [1.82, 2.24) is 10.2 Å². The van der Waals surface area contributed by atoms with Gasteiger partial charge >= 0.3 is 6.03 Å². The van der Waals surface area contributed by atoms with Crippen molar-refractivity contribution in [2.75, 3.05) is 26.8 Å². The van der Waals surface area contributed by atoms with Crippen molar-refractivity contribution in [1.29, 1.82) is 0 Å². The van der Waals surface area contributed by atoms with E-state index in [0.29, 0.717) is 38.0 Å². The molecule has 8 rings (SSSR count). The van der Waals surface area contributed by atoms with Gasteiger partial charge in [0.25, 0.3) is 0 Å². The molecule has 2 spiro atoms. The highest BCUT2D eigenvalue weighted by Gasteiger charge is 2.74. The van der Waals surface area contributed by atoms with Crippen molar-refractivity contribution >= 4 is 11.8 Å². The van der Waals surface area contributed by atoms with E-state index in [0.717, 1.165) is 48.8 Å². The largest absolute Gasteiger partial charge is 0.393 e. The highest BCUT2D eigenvalue weighted by Crippen LogP contribution is 2.78. The second-order valence-electron chi connectivity index (χ2n) is 17.0. The number of allylic oxidation sites excluding steroid dienone is 4. The number of ether oxygens (including phenoxy) is 1. The van der Waals surface area contributed by atoms with Crippen molar-refractivity contribution in [2.45, 2.75) is 96.8 Å². The molecule has 3 saturated carbocycles. The predicted molar refractivity (Wildman–Crippen MR) is 197 cm³/mol. The maximum atomic E-state index is 15.0. The number of rotatable bonds is 10. The lowest BCUT2D eigenvalue weighted by Crippen LogP contribution is -2.67. The molecule has 50 heavy (non-hydrogen) atoms. The van der Waals surface area contributed by atoms with Crippen molar-refractivity contribution in [2.24, 2.45) is 33.5 Å². The number of aliphatic hydroxyl groups excluding tert-OH is 1. The first-order valence-corrected chi connectivity index (χ1v) is 18.9. The fourth-order valence-corrected chi connectivity index (χ4v) is 11.5. The van der Waals surface area contributed by atoms with Gasteiger partial charge < -0.3 is 25.2 Å². The topological polar surface area (TPSA) is 99.1 Å². The number of nitrogens with zero attached hydrogens (tertiary/aromatic N) is 1. The van der Waals surface area contributed by atoms with Crippen LogP contribution in [0.4, 0.5) is 4.79 Å². The predicted octanol–water partition coefficient (Wildman–Crippen LogP) is 7.58. The smallest absolute Gasteiger partial charge is 0.317 e. The number of Topliss-reactive ketones (excluding diaryl/α,β-unsaturated/α-hetero) is 1. The molecular weight excluding hydrogens is 624 g/mol. The molecule has 7 heteroatoms. The molecule has 2 aromatic rings. The third-order valence-corrected chi connectivity index (χ3v) is 14.1. The molecule has 2 bridgehead atoms. The van der Waals surface area contributed by atoms with Crippen molar-refractivity contribution < 1.29 is 24.5 Å². The Bertz CT molecular complexity index is 1670. The minimum atomic E-state index is -1.12. The summed E-state index contributed by atoms with van der Waals surface area (Å²) in [7, 11) is 1.67. The average molecular weight is 681 g/mol. The molecular formula is C43H56N2O5. The molecule has 0 aliphatic heterocycles. The van der Waals surface area contributed by atoms with E-state index >= 15 is 4.79 Å². The molecule has 0 aromatic heterocycles. The summed E-state index contributed by atoms with van der Waals surface area (Å²) in [6.45, 7) is 9.83. The number of hydrogen-bond donors (Lipinski definition) is 3. The van der Waals surface area contributed by atoms with Crippen LogP contribution in [0, 0.1) is 33.5 Å². The number of nitrogens with one attached hydrogen (secondary N) is 1. The van der Waals surface area contributed by atoms with Gasteiger partial charge in [0, 0.05) is 53.7 Å². The number of aliphatic hydroxyl groups is 2. The average Bonchev–Trinajstić information content (AvgIpc) is 3.37. The molecule has 6 aliphatic carbocycles. The molecule has 0 saturated heterocycles. The van der Waals surface area contributed by atoms with Gasteiger partial charge in [0.2, 0.25) is 0 Å². The molecule has 2 aromatic carbocycles. The number of methoxy groups -OCH3 is 1. The summed E-state index contributed by atoms with van der Waals surface area (Å²) in [6, 6.07) is 18.1. The Hall–Kier alpha value is -3.26. The van der Waals surface area contributed by atoms with Crippen LogP contribution in [0.15, 0.2) is 78.4 Å². The Kier molecular flexibility index (Phi) is 8.96. The Balaban J connectivity index is 1.29. The van der Waals surface area contributed by atoms with Crippen LogP contribution in [-0.2, 0) is 4.74 Å². The molecule has 8 atom stereocenters. The third kappa shape index (κ3) is 5.25. The van der Waals surface area contributed by atoms with Gasteiger partial charge in [-0.05, 0) is 93.6 Å². The van der Waals surface area contributed by atoms with Crippen LogP contribution in [-0.4, -0.2) is 71.5 Å². The SMILES string of the molecule is COCCCN(C[C@]1(O)CC[C@H]2[C@]34C=C[C@@]5(C=C3C(=O)c3ccc(-c6ccccc6)cc3)CC(O)CC[C@]5(C)[C@H]4CC[C@@]21C)C(=O)NC(C)C. The van der Waals surface area contributed by atoms with E-state index in [2.05, 4.69) is 49.5 Å². The highest BCUT2D eigenvalue weighted by atomic mass is 16.5. The molecule has 1 unspecified atom stereocenters. The van der Waals surface area contributed by atoms with Crippen LogP contribution < -0.4 is 5.32 Å². The van der Waals surface area contributed by atoms with E-state index in [-0.39, 0.29) is 47.1 Å². The molecule has 7 nitrogen and oxygen atoms in total. The van der Waals surface area contributed by atoms with Gasteiger partial charge in [0.15, 0.2) is 5.78 Å². The number of fused-ring (bicyclic) bond motifs is 1. The summed E-state index contributed by atoms with van der Waals surface area (Å²) in [6.07, 6.45) is 12.6. The fourth-order valence-electron chi connectivity index (χ4n) is 11.5. The van der Waals surface area contributed by atoms with E-state index in [1.807, 2.05) is 56.3 Å². The first kappa shape index (κ1) is 35.2. The monoisotopic (exact) mass is 680 g/mol. The van der Waals surface area contributed by atoms with E-state index in [1.54, 1.807) is 12.0 Å². The van der Waals surface area contributed by atoms with Gasteiger partial charge in [-0.15, -0.1) is 0 Å². The van der Waals surface area contributed by atoms with Crippen molar-refractivity contribution in [3.63, 3.8) is 0 Å². The zero-order valence-electron chi connectivity index (χ0n) is 30.6. The quantitative estimate of drug-likeness (QED) is 0.137. The molecule has 2 amide bonds. The molecule has 3 N–H and O–H groups in total. The number of carbonyl (C=O) groups excluding carboxylic acids is 2. The number of urea groups is 1. The first-order chi connectivity index (χ1) is 23.8. The maximum Gasteiger partial charge on any atom is 0.317 e. The van der Waals surface area contributed by atoms with Crippen LogP contribution in [0.2, 0.25) is 0 Å². The zero-order chi connectivity index (χ0) is 35.5. The number of hydrogen-bond acceptors (Lipinski definition) is 5. The Morgan fingerprint density at radius 2 is 1.58 bits per heavy atom. The minimum Gasteiger partial charge on any atom is -0.393 e. The van der Waals surface area contributed by atoms with E-state index in [1.165, 1.54) is 0 Å². The van der Waals surface area contributed by atoms with Gasteiger partial charge in [-0.3, -0.25) is 4.79 Å². The Morgan fingerprint density at radius 3 is 2.28 bits per heavy atom. The van der Waals surface area contributed by atoms with E-state index in [9.17, 15) is 15.0 Å². The van der Waals surface area contributed by atoms with Gasteiger partial charge in [-0.25, -0.2) is 4.79 Å². The summed E-state index contributed by atoms with van der Waals surface area (Å²) in [5.74, 6) is 0.282. The highest BCUT2D eigenvalue weighted by molar-refractivity contribution is 6.10.